The number of nitrogens with zero attached hydrogens (tertiary/aromatic N) is 2. The van der Waals surface area contributed by atoms with Crippen molar-refractivity contribution in [1.82, 2.24) is 9.80 Å². The Morgan fingerprint density at radius 2 is 1.94 bits per heavy atom. The van der Waals surface area contributed by atoms with E-state index in [-0.39, 0.29) is 31.0 Å². The first-order chi connectivity index (χ1) is 7.13. The molecule has 1 atom stereocenters. The van der Waals surface area contributed by atoms with E-state index in [1.54, 1.807) is 7.11 Å². The molecule has 1 saturated heterocycles. The summed E-state index contributed by atoms with van der Waals surface area (Å²) in [7, 11) is 1.55. The van der Waals surface area contributed by atoms with Crippen LogP contribution in [0.4, 0.5) is 0 Å². The molecule has 16 heavy (non-hydrogen) atoms. The number of ether oxygens (including phenoxy) is 1. The Hall–Kier alpha value is -0.360. The minimum atomic E-state index is 0. The topological polar surface area (TPSA) is 58.8 Å². The molecule has 2 N–H and O–H groups in total. The van der Waals surface area contributed by atoms with Crippen LogP contribution in [-0.4, -0.2) is 68.2 Å². The van der Waals surface area contributed by atoms with E-state index >= 15 is 0 Å². The Balaban J connectivity index is 0.00000225. The van der Waals surface area contributed by atoms with Crippen molar-refractivity contribution < 1.29 is 9.53 Å². The lowest BCUT2D eigenvalue weighted by molar-refractivity contribution is -0.136. The molecule has 0 bridgehead atoms. The maximum Gasteiger partial charge on any atom is 0.248 e. The lowest BCUT2D eigenvalue weighted by Gasteiger charge is -2.35. The second-order valence-corrected chi connectivity index (χ2v) is 4.09. The molecule has 5 nitrogen and oxygen atoms in total. The van der Waals surface area contributed by atoms with Gasteiger partial charge in [0.15, 0.2) is 0 Å². The maximum absolute atomic E-state index is 11.5. The van der Waals surface area contributed by atoms with Gasteiger partial charge in [-0.05, 0) is 6.92 Å². The third-order valence-electron chi connectivity index (χ3n) is 2.54. The molecule has 0 aromatic rings. The molecule has 0 aromatic carbocycles. The predicted octanol–water partition coefficient (Wildman–Crippen LogP) is -0.454. The van der Waals surface area contributed by atoms with Gasteiger partial charge in [0.05, 0.1) is 0 Å². The summed E-state index contributed by atoms with van der Waals surface area (Å²) < 4.78 is 4.82. The average molecular weight is 252 g/mol. The number of hydrogen-bond acceptors (Lipinski definition) is 4. The summed E-state index contributed by atoms with van der Waals surface area (Å²) in [5.41, 5.74) is 5.72. The molecule has 0 radical (unpaired) electrons. The van der Waals surface area contributed by atoms with Crippen molar-refractivity contribution in [2.75, 3.05) is 46.4 Å². The van der Waals surface area contributed by atoms with E-state index in [1.165, 1.54) is 0 Å². The van der Waals surface area contributed by atoms with E-state index in [1.807, 2.05) is 11.8 Å². The van der Waals surface area contributed by atoms with E-state index in [4.69, 9.17) is 10.5 Å². The van der Waals surface area contributed by atoms with E-state index in [9.17, 15) is 4.79 Å². The van der Waals surface area contributed by atoms with Crippen LogP contribution >= 0.6 is 12.4 Å². The van der Waals surface area contributed by atoms with Crippen molar-refractivity contribution in [3.63, 3.8) is 0 Å². The van der Waals surface area contributed by atoms with Crippen molar-refractivity contribution in [3.05, 3.63) is 0 Å². The number of halogens is 1. The summed E-state index contributed by atoms with van der Waals surface area (Å²) in [6, 6.07) is 0.200. The molecular formula is C10H22ClN3O2. The Bertz CT molecular complexity index is 206. The zero-order valence-corrected chi connectivity index (χ0v) is 10.8. The smallest absolute Gasteiger partial charge is 0.248 e. The number of nitrogens with two attached hydrogens (primary N) is 1. The molecule has 1 amide bonds. The van der Waals surface area contributed by atoms with Gasteiger partial charge in [-0.25, -0.2) is 0 Å². The van der Waals surface area contributed by atoms with Gasteiger partial charge in [0.2, 0.25) is 5.91 Å². The monoisotopic (exact) mass is 251 g/mol. The Kier molecular flexibility index (Phi) is 7.66. The molecule has 6 heteroatoms. The Morgan fingerprint density at radius 1 is 1.38 bits per heavy atom. The van der Waals surface area contributed by atoms with Gasteiger partial charge in [-0.1, -0.05) is 0 Å². The number of amides is 1. The molecule has 0 aromatic heterocycles. The SMILES string of the molecule is COCC(=O)N1CCN(CC(C)N)CC1.Cl. The molecule has 1 fully saturated rings. The fourth-order valence-corrected chi connectivity index (χ4v) is 1.80. The highest BCUT2D eigenvalue weighted by atomic mass is 35.5. The van der Waals surface area contributed by atoms with Crippen molar-refractivity contribution >= 4 is 18.3 Å². The van der Waals surface area contributed by atoms with Crippen molar-refractivity contribution in [2.45, 2.75) is 13.0 Å². The summed E-state index contributed by atoms with van der Waals surface area (Å²) in [5, 5.41) is 0. The number of methoxy groups -OCH3 is 1. The highest BCUT2D eigenvalue weighted by Crippen LogP contribution is 2.02. The zero-order chi connectivity index (χ0) is 11.3. The zero-order valence-electron chi connectivity index (χ0n) is 10.0. The normalized spacial score (nSPS) is 19.1. The van der Waals surface area contributed by atoms with Gasteiger partial charge in [-0.2, -0.15) is 0 Å². The van der Waals surface area contributed by atoms with Crippen LogP contribution in [-0.2, 0) is 9.53 Å². The van der Waals surface area contributed by atoms with Crippen LogP contribution in [0.3, 0.4) is 0 Å². The standard InChI is InChI=1S/C10H21N3O2.ClH/c1-9(11)7-12-3-5-13(6-4-12)10(14)8-15-2;/h9H,3-8,11H2,1-2H3;1H. The van der Waals surface area contributed by atoms with E-state index in [0.717, 1.165) is 32.7 Å². The fourth-order valence-electron chi connectivity index (χ4n) is 1.80. The molecular weight excluding hydrogens is 230 g/mol. The summed E-state index contributed by atoms with van der Waals surface area (Å²) in [6.45, 7) is 6.50. The lowest BCUT2D eigenvalue weighted by Crippen LogP contribution is -2.51. The minimum absolute atomic E-state index is 0. The number of piperazine rings is 1. The van der Waals surface area contributed by atoms with Crippen LogP contribution in [0.25, 0.3) is 0 Å². The maximum atomic E-state index is 11.5. The van der Waals surface area contributed by atoms with Crippen molar-refractivity contribution in [3.8, 4) is 0 Å². The highest BCUT2D eigenvalue weighted by molar-refractivity contribution is 5.85. The number of carbonyl (C=O) groups is 1. The Labute approximate surface area is 103 Å². The van der Waals surface area contributed by atoms with E-state index in [0.29, 0.717) is 0 Å². The summed E-state index contributed by atoms with van der Waals surface area (Å²) in [6.07, 6.45) is 0. The van der Waals surface area contributed by atoms with Crippen LogP contribution in [0, 0.1) is 0 Å². The van der Waals surface area contributed by atoms with Gasteiger partial charge in [0.25, 0.3) is 0 Å². The number of hydrogen-bond donors (Lipinski definition) is 1. The van der Waals surface area contributed by atoms with Gasteiger partial charge in [0, 0.05) is 45.9 Å². The molecule has 96 valence electrons. The first-order valence-electron chi connectivity index (χ1n) is 5.38. The minimum Gasteiger partial charge on any atom is -0.375 e. The molecule has 1 aliphatic heterocycles. The van der Waals surface area contributed by atoms with Crippen molar-refractivity contribution in [2.24, 2.45) is 5.73 Å². The summed E-state index contributed by atoms with van der Waals surface area (Å²) >= 11 is 0. The molecule has 1 aliphatic rings. The van der Waals surface area contributed by atoms with Crippen LogP contribution in [0.1, 0.15) is 6.92 Å². The van der Waals surface area contributed by atoms with Gasteiger partial charge in [0.1, 0.15) is 6.61 Å². The molecule has 1 rings (SSSR count). The van der Waals surface area contributed by atoms with Gasteiger partial charge in [-0.15, -0.1) is 12.4 Å². The lowest BCUT2D eigenvalue weighted by atomic mass is 10.2. The van der Waals surface area contributed by atoms with Crippen LogP contribution in [0.2, 0.25) is 0 Å². The fraction of sp³-hybridized carbons (Fsp3) is 0.900. The molecule has 1 heterocycles. The van der Waals surface area contributed by atoms with Crippen molar-refractivity contribution in [1.29, 1.82) is 0 Å². The average Bonchev–Trinajstić information content (AvgIpc) is 2.18. The molecule has 1 unspecified atom stereocenters. The van der Waals surface area contributed by atoms with E-state index < -0.39 is 0 Å². The van der Waals surface area contributed by atoms with Gasteiger partial charge < -0.3 is 15.4 Å². The number of rotatable bonds is 4. The first kappa shape index (κ1) is 15.6. The molecule has 0 spiro atoms. The van der Waals surface area contributed by atoms with Crippen LogP contribution < -0.4 is 5.73 Å². The summed E-state index contributed by atoms with van der Waals surface area (Å²) in [5.74, 6) is 0.0814. The quantitative estimate of drug-likeness (QED) is 0.735. The molecule has 0 saturated carbocycles. The second-order valence-electron chi connectivity index (χ2n) is 4.09. The highest BCUT2D eigenvalue weighted by Gasteiger charge is 2.20. The van der Waals surface area contributed by atoms with Gasteiger partial charge >= 0.3 is 0 Å². The third kappa shape index (κ3) is 5.12. The van der Waals surface area contributed by atoms with Crippen LogP contribution in [0.15, 0.2) is 0 Å². The number of carbonyl (C=O) groups excluding carboxylic acids is 1. The van der Waals surface area contributed by atoms with Gasteiger partial charge in [-0.3, -0.25) is 9.69 Å². The third-order valence-corrected chi connectivity index (χ3v) is 2.54. The van der Waals surface area contributed by atoms with E-state index in [2.05, 4.69) is 4.90 Å². The predicted molar refractivity (Wildman–Crippen MR) is 65.8 cm³/mol. The first-order valence-corrected chi connectivity index (χ1v) is 5.38. The second kappa shape index (κ2) is 7.84. The largest absolute Gasteiger partial charge is 0.375 e. The summed E-state index contributed by atoms with van der Waals surface area (Å²) in [4.78, 5) is 15.6. The molecule has 0 aliphatic carbocycles. The van der Waals surface area contributed by atoms with Crippen LogP contribution in [0.5, 0.6) is 0 Å². The Morgan fingerprint density at radius 3 is 2.38 bits per heavy atom.